The van der Waals surface area contributed by atoms with E-state index in [4.69, 9.17) is 0 Å². The first kappa shape index (κ1) is 23.9. The van der Waals surface area contributed by atoms with Crippen molar-refractivity contribution in [2.24, 2.45) is 5.92 Å². The van der Waals surface area contributed by atoms with Crippen LogP contribution < -0.4 is 10.2 Å². The summed E-state index contributed by atoms with van der Waals surface area (Å²) in [4.78, 5) is 61.0. The molecule has 0 bridgehead atoms. The summed E-state index contributed by atoms with van der Waals surface area (Å²) >= 11 is 1.21. The molecule has 2 fully saturated rings. The van der Waals surface area contributed by atoms with Crippen molar-refractivity contribution in [3.05, 3.63) is 41.0 Å². The number of hydrogen-bond acceptors (Lipinski definition) is 7. The Morgan fingerprint density at radius 3 is 2.61 bits per heavy atom. The van der Waals surface area contributed by atoms with Crippen LogP contribution in [0.25, 0.3) is 10.9 Å². The van der Waals surface area contributed by atoms with Gasteiger partial charge in [-0.05, 0) is 37.0 Å². The second-order valence-corrected chi connectivity index (χ2v) is 10.4. The zero-order valence-electron chi connectivity index (χ0n) is 20.2. The van der Waals surface area contributed by atoms with E-state index in [9.17, 15) is 19.2 Å². The second-order valence-electron chi connectivity index (χ2n) is 9.51. The molecular weight excluding hydrogens is 482 g/mol. The van der Waals surface area contributed by atoms with Gasteiger partial charge in [0, 0.05) is 42.8 Å². The van der Waals surface area contributed by atoms with Gasteiger partial charge in [0.1, 0.15) is 11.6 Å². The summed E-state index contributed by atoms with van der Waals surface area (Å²) in [6, 6.07) is 4.36. The highest BCUT2D eigenvalue weighted by Crippen LogP contribution is 2.41. The second kappa shape index (κ2) is 9.01. The quantitative estimate of drug-likeness (QED) is 0.507. The van der Waals surface area contributed by atoms with E-state index < -0.39 is 17.6 Å². The minimum absolute atomic E-state index is 0.142. The first-order valence-electron chi connectivity index (χ1n) is 11.8. The number of nitrogens with zero attached hydrogens (tertiary/aromatic N) is 5. The Hall–Kier alpha value is -3.80. The van der Waals surface area contributed by atoms with Gasteiger partial charge in [-0.1, -0.05) is 13.8 Å². The zero-order valence-corrected chi connectivity index (χ0v) is 21.0. The van der Waals surface area contributed by atoms with Gasteiger partial charge in [0.05, 0.1) is 11.7 Å². The van der Waals surface area contributed by atoms with E-state index in [1.165, 1.54) is 18.4 Å². The molecule has 2 aliphatic rings. The van der Waals surface area contributed by atoms with Crippen LogP contribution in [-0.4, -0.2) is 80.5 Å². The van der Waals surface area contributed by atoms with Crippen molar-refractivity contribution in [3.63, 3.8) is 0 Å². The van der Waals surface area contributed by atoms with Gasteiger partial charge in [0.25, 0.3) is 11.8 Å². The number of thiazole rings is 1. The van der Waals surface area contributed by atoms with Gasteiger partial charge in [-0.25, -0.2) is 9.78 Å². The third kappa shape index (κ3) is 3.81. The first-order chi connectivity index (χ1) is 17.2. The highest BCUT2D eigenvalue weighted by molar-refractivity contribution is 7.11. The number of amides is 5. The molecule has 4 heterocycles. The monoisotopic (exact) mass is 509 g/mol. The van der Waals surface area contributed by atoms with Crippen LogP contribution in [0.3, 0.4) is 0 Å². The van der Waals surface area contributed by atoms with Crippen LogP contribution in [0, 0.1) is 5.92 Å². The van der Waals surface area contributed by atoms with E-state index in [0.29, 0.717) is 23.5 Å². The molecule has 5 rings (SSSR count). The minimum atomic E-state index is -1.07. The van der Waals surface area contributed by atoms with Gasteiger partial charge in [-0.3, -0.25) is 29.3 Å². The number of fused-ring (bicyclic) bond motifs is 1. The molecule has 1 atom stereocenters. The lowest BCUT2D eigenvalue weighted by atomic mass is 9.85. The maximum Gasteiger partial charge on any atom is 0.331 e. The molecule has 0 aliphatic carbocycles. The number of aromatic amines is 1. The van der Waals surface area contributed by atoms with Gasteiger partial charge in [0.2, 0.25) is 5.91 Å². The van der Waals surface area contributed by atoms with E-state index in [1.54, 1.807) is 33.6 Å². The summed E-state index contributed by atoms with van der Waals surface area (Å²) in [5.41, 5.74) is 0.374. The number of rotatable bonds is 5. The summed E-state index contributed by atoms with van der Waals surface area (Å²) in [7, 11) is 1.49. The summed E-state index contributed by atoms with van der Waals surface area (Å²) in [5.74, 6) is -1.01. The Morgan fingerprint density at radius 1 is 1.19 bits per heavy atom. The number of urea groups is 1. The molecule has 1 aromatic carbocycles. The average molecular weight is 510 g/mol. The van der Waals surface area contributed by atoms with Crippen LogP contribution in [0.1, 0.15) is 36.5 Å². The number of carbonyl (C=O) groups excluding carboxylic acids is 4. The average Bonchev–Trinajstić information content (AvgIpc) is 3.61. The van der Waals surface area contributed by atoms with Crippen molar-refractivity contribution in [3.8, 4) is 0 Å². The molecule has 0 radical (unpaired) electrons. The van der Waals surface area contributed by atoms with E-state index in [0.717, 1.165) is 15.8 Å². The van der Waals surface area contributed by atoms with Crippen molar-refractivity contribution >= 4 is 51.7 Å². The summed E-state index contributed by atoms with van der Waals surface area (Å²) in [5, 5.41) is 12.6. The number of piperidine rings is 1. The van der Waals surface area contributed by atoms with Crippen molar-refractivity contribution in [1.82, 2.24) is 30.3 Å². The lowest BCUT2D eigenvalue weighted by Crippen LogP contribution is -2.60. The van der Waals surface area contributed by atoms with E-state index in [-0.39, 0.29) is 36.7 Å². The highest BCUT2D eigenvalue weighted by atomic mass is 32.1. The molecule has 1 unspecified atom stereocenters. The number of likely N-dealkylation sites (tertiary alicyclic amines) is 1. The SMILES string of the molecule is CC(C)C(NC(=O)c1nccs1)C(=O)N1CCC2(CC1)C(=O)N(C)C(=O)N2c1ccc2[nH]ncc2c1. The number of H-pyrrole nitrogens is 1. The number of anilines is 1. The van der Waals surface area contributed by atoms with Gasteiger partial charge < -0.3 is 10.2 Å². The summed E-state index contributed by atoms with van der Waals surface area (Å²) in [6.45, 7) is 4.31. The van der Waals surface area contributed by atoms with Crippen LogP contribution in [0.15, 0.2) is 36.0 Å². The molecule has 36 heavy (non-hydrogen) atoms. The number of benzene rings is 1. The van der Waals surface area contributed by atoms with Crippen molar-refractivity contribution < 1.29 is 19.2 Å². The number of likely N-dealkylation sites (N-methyl/N-ethyl adjacent to an activating group) is 1. The fourth-order valence-corrected chi connectivity index (χ4v) is 5.58. The molecule has 11 nitrogen and oxygen atoms in total. The smallest absolute Gasteiger partial charge is 0.331 e. The number of nitrogens with one attached hydrogen (secondary N) is 2. The maximum atomic E-state index is 13.4. The summed E-state index contributed by atoms with van der Waals surface area (Å²) < 4.78 is 0. The van der Waals surface area contributed by atoms with Crippen LogP contribution in [-0.2, 0) is 9.59 Å². The third-order valence-corrected chi connectivity index (χ3v) is 7.81. The molecule has 1 spiro atoms. The predicted molar refractivity (Wildman–Crippen MR) is 133 cm³/mol. The number of hydrogen-bond donors (Lipinski definition) is 2. The number of aromatic nitrogens is 3. The molecule has 5 amide bonds. The molecule has 12 heteroatoms. The van der Waals surface area contributed by atoms with Gasteiger partial charge >= 0.3 is 6.03 Å². The lowest BCUT2D eigenvalue weighted by Gasteiger charge is -2.43. The molecule has 2 aliphatic heterocycles. The van der Waals surface area contributed by atoms with E-state index in [1.807, 2.05) is 26.0 Å². The zero-order chi connectivity index (χ0) is 25.6. The highest BCUT2D eigenvalue weighted by Gasteiger charge is 2.58. The normalized spacial score (nSPS) is 18.5. The Bertz CT molecular complexity index is 1330. The molecular formula is C24H27N7O4S. The standard InChI is InChI=1S/C24H27N7O4S/c1-14(2)18(27-19(32)20-25-8-11-36-20)21(33)30-9-6-24(7-10-30)22(34)29(3)23(35)31(24)16-4-5-17-15(12-16)13-26-28-17/h4-5,8,11-14,18H,6-7,9-10H2,1-3H3,(H,26,28)(H,27,32). The lowest BCUT2D eigenvalue weighted by molar-refractivity contribution is -0.139. The van der Waals surface area contributed by atoms with Gasteiger partial charge in [-0.2, -0.15) is 5.10 Å². The molecule has 2 N–H and O–H groups in total. The molecule has 188 valence electrons. The van der Waals surface area contributed by atoms with Crippen LogP contribution in [0.5, 0.6) is 0 Å². The Balaban J connectivity index is 1.36. The molecule has 3 aromatic rings. The van der Waals surface area contributed by atoms with Gasteiger partial charge in [0.15, 0.2) is 5.01 Å². The topological polar surface area (TPSA) is 132 Å². The molecule has 2 saturated heterocycles. The van der Waals surface area contributed by atoms with Crippen molar-refractivity contribution in [1.29, 1.82) is 0 Å². The van der Waals surface area contributed by atoms with Crippen molar-refractivity contribution in [2.75, 3.05) is 25.0 Å². The van der Waals surface area contributed by atoms with E-state index >= 15 is 0 Å². The molecule has 2 aromatic heterocycles. The van der Waals surface area contributed by atoms with Gasteiger partial charge in [-0.15, -0.1) is 11.3 Å². The Morgan fingerprint density at radius 2 is 1.94 bits per heavy atom. The summed E-state index contributed by atoms with van der Waals surface area (Å²) in [6.07, 6.45) is 3.80. The fraction of sp³-hybridized carbons (Fsp3) is 0.417. The molecule has 0 saturated carbocycles. The van der Waals surface area contributed by atoms with Crippen LogP contribution >= 0.6 is 11.3 Å². The number of imide groups is 1. The van der Waals surface area contributed by atoms with E-state index in [2.05, 4.69) is 20.5 Å². The minimum Gasteiger partial charge on any atom is -0.341 e. The third-order valence-electron chi connectivity index (χ3n) is 7.04. The fourth-order valence-electron chi connectivity index (χ4n) is 5.04. The number of carbonyl (C=O) groups is 4. The largest absolute Gasteiger partial charge is 0.341 e. The van der Waals surface area contributed by atoms with Crippen LogP contribution in [0.4, 0.5) is 10.5 Å². The first-order valence-corrected chi connectivity index (χ1v) is 12.7. The maximum absolute atomic E-state index is 13.4. The van der Waals surface area contributed by atoms with Crippen LogP contribution in [0.2, 0.25) is 0 Å². The predicted octanol–water partition coefficient (Wildman–Crippen LogP) is 2.23. The van der Waals surface area contributed by atoms with Crippen molar-refractivity contribution in [2.45, 2.75) is 38.3 Å². The Kier molecular flexibility index (Phi) is 5.99. The Labute approximate surface area is 211 Å².